The van der Waals surface area contributed by atoms with E-state index in [0.717, 1.165) is 11.4 Å². The SMILES string of the molecule is Cn1nccc1-c1cnccn1. The lowest BCUT2D eigenvalue weighted by atomic mass is 10.3. The van der Waals surface area contributed by atoms with Crippen molar-refractivity contribution in [1.29, 1.82) is 0 Å². The van der Waals surface area contributed by atoms with Crippen LogP contribution in [0.5, 0.6) is 0 Å². The molecular formula is C8H8N4. The van der Waals surface area contributed by atoms with Gasteiger partial charge in [0.15, 0.2) is 0 Å². The van der Waals surface area contributed by atoms with Crippen molar-refractivity contribution < 1.29 is 0 Å². The molecule has 4 heteroatoms. The van der Waals surface area contributed by atoms with Gasteiger partial charge in [0.1, 0.15) is 5.69 Å². The largest absolute Gasteiger partial charge is 0.266 e. The van der Waals surface area contributed by atoms with Gasteiger partial charge in [-0.2, -0.15) is 5.10 Å². The molecule has 0 radical (unpaired) electrons. The Morgan fingerprint density at radius 3 is 2.75 bits per heavy atom. The first-order valence-electron chi connectivity index (χ1n) is 3.62. The van der Waals surface area contributed by atoms with Crippen LogP contribution in [0.25, 0.3) is 11.4 Å². The molecule has 2 aromatic rings. The molecule has 0 saturated heterocycles. The Morgan fingerprint density at radius 1 is 1.25 bits per heavy atom. The molecule has 0 fully saturated rings. The van der Waals surface area contributed by atoms with Crippen LogP contribution in [0, 0.1) is 0 Å². The summed E-state index contributed by atoms with van der Waals surface area (Å²) < 4.78 is 1.77. The van der Waals surface area contributed by atoms with Crippen LogP contribution < -0.4 is 0 Å². The third-order valence-corrected chi connectivity index (χ3v) is 1.65. The van der Waals surface area contributed by atoms with E-state index in [1.54, 1.807) is 29.5 Å². The molecule has 0 aliphatic carbocycles. The average Bonchev–Trinajstić information content (AvgIpc) is 2.53. The van der Waals surface area contributed by atoms with Gasteiger partial charge in [0.2, 0.25) is 0 Å². The summed E-state index contributed by atoms with van der Waals surface area (Å²) in [5.74, 6) is 0. The fourth-order valence-corrected chi connectivity index (χ4v) is 1.06. The van der Waals surface area contributed by atoms with E-state index in [1.165, 1.54) is 0 Å². The Morgan fingerprint density at radius 2 is 2.17 bits per heavy atom. The van der Waals surface area contributed by atoms with Crippen LogP contribution in [0.1, 0.15) is 0 Å². The minimum atomic E-state index is 0.845. The lowest BCUT2D eigenvalue weighted by Crippen LogP contribution is -1.94. The van der Waals surface area contributed by atoms with Gasteiger partial charge in [0.25, 0.3) is 0 Å². The third-order valence-electron chi connectivity index (χ3n) is 1.65. The summed E-state index contributed by atoms with van der Waals surface area (Å²) in [6.07, 6.45) is 6.78. The van der Waals surface area contributed by atoms with Gasteiger partial charge < -0.3 is 0 Å². The number of aryl methyl sites for hydroxylation is 1. The minimum absolute atomic E-state index is 0.845. The number of rotatable bonds is 1. The van der Waals surface area contributed by atoms with Crippen LogP contribution in [0.2, 0.25) is 0 Å². The fraction of sp³-hybridized carbons (Fsp3) is 0.125. The van der Waals surface area contributed by atoms with Crippen molar-refractivity contribution in [3.8, 4) is 11.4 Å². The fourth-order valence-electron chi connectivity index (χ4n) is 1.06. The Bertz CT molecular complexity index is 366. The van der Waals surface area contributed by atoms with Gasteiger partial charge in [-0.25, -0.2) is 0 Å². The van der Waals surface area contributed by atoms with Gasteiger partial charge in [-0.3, -0.25) is 14.6 Å². The molecule has 4 nitrogen and oxygen atoms in total. The highest BCUT2D eigenvalue weighted by molar-refractivity contribution is 5.51. The molecule has 0 saturated carbocycles. The van der Waals surface area contributed by atoms with Crippen molar-refractivity contribution in [1.82, 2.24) is 19.7 Å². The molecule has 0 aliphatic rings. The summed E-state index contributed by atoms with van der Waals surface area (Å²) >= 11 is 0. The maximum atomic E-state index is 4.16. The van der Waals surface area contributed by atoms with Crippen LogP contribution in [0.3, 0.4) is 0 Å². The van der Waals surface area contributed by atoms with Gasteiger partial charge in [-0.15, -0.1) is 0 Å². The quantitative estimate of drug-likeness (QED) is 0.622. The summed E-state index contributed by atoms with van der Waals surface area (Å²) in [5.41, 5.74) is 1.82. The predicted octanol–water partition coefficient (Wildman–Crippen LogP) is 0.877. The van der Waals surface area contributed by atoms with Crippen LogP contribution in [-0.2, 0) is 7.05 Å². The Balaban J connectivity index is 2.51. The molecule has 0 amide bonds. The molecule has 0 atom stereocenters. The van der Waals surface area contributed by atoms with Crippen LogP contribution >= 0.6 is 0 Å². The van der Waals surface area contributed by atoms with Crippen molar-refractivity contribution in [3.63, 3.8) is 0 Å². The van der Waals surface area contributed by atoms with E-state index < -0.39 is 0 Å². The first-order valence-corrected chi connectivity index (χ1v) is 3.62. The molecular weight excluding hydrogens is 152 g/mol. The lowest BCUT2D eigenvalue weighted by Gasteiger charge is -1.98. The van der Waals surface area contributed by atoms with Gasteiger partial charge in [-0.05, 0) is 6.07 Å². The first-order chi connectivity index (χ1) is 5.88. The summed E-state index contributed by atoms with van der Waals surface area (Å²) in [5, 5.41) is 4.04. The van der Waals surface area contributed by atoms with E-state index in [0.29, 0.717) is 0 Å². The molecule has 2 rings (SSSR count). The Kier molecular flexibility index (Phi) is 1.59. The molecule has 2 aromatic heterocycles. The molecule has 0 aliphatic heterocycles. The Labute approximate surface area is 69.9 Å². The van der Waals surface area contributed by atoms with E-state index >= 15 is 0 Å². The second kappa shape index (κ2) is 2.73. The minimum Gasteiger partial charge on any atom is -0.266 e. The van der Waals surface area contributed by atoms with Crippen LogP contribution in [0.4, 0.5) is 0 Å². The highest BCUT2D eigenvalue weighted by atomic mass is 15.3. The van der Waals surface area contributed by atoms with Crippen molar-refractivity contribution in [2.24, 2.45) is 7.05 Å². The number of aromatic nitrogens is 4. The van der Waals surface area contributed by atoms with Gasteiger partial charge in [0, 0.05) is 25.6 Å². The molecule has 0 unspecified atom stereocenters. The Hall–Kier alpha value is -1.71. The van der Waals surface area contributed by atoms with Crippen molar-refractivity contribution >= 4 is 0 Å². The summed E-state index contributed by atoms with van der Waals surface area (Å²) in [7, 11) is 1.88. The molecule has 0 bridgehead atoms. The topological polar surface area (TPSA) is 43.6 Å². The zero-order chi connectivity index (χ0) is 8.39. The van der Waals surface area contributed by atoms with Gasteiger partial charge in [-0.1, -0.05) is 0 Å². The van der Waals surface area contributed by atoms with E-state index in [2.05, 4.69) is 15.1 Å². The van der Waals surface area contributed by atoms with E-state index in [4.69, 9.17) is 0 Å². The third kappa shape index (κ3) is 1.07. The number of hydrogen-bond acceptors (Lipinski definition) is 3. The smallest absolute Gasteiger partial charge is 0.107 e. The molecule has 0 spiro atoms. The summed E-state index contributed by atoms with van der Waals surface area (Å²) in [4.78, 5) is 8.14. The van der Waals surface area contributed by atoms with Gasteiger partial charge >= 0.3 is 0 Å². The van der Waals surface area contributed by atoms with Crippen molar-refractivity contribution in [3.05, 3.63) is 30.9 Å². The standard InChI is InChI=1S/C8H8N4/c1-12-8(2-3-11-12)7-6-9-4-5-10-7/h2-6H,1H3. The van der Waals surface area contributed by atoms with Crippen molar-refractivity contribution in [2.75, 3.05) is 0 Å². The van der Waals surface area contributed by atoms with E-state index in [-0.39, 0.29) is 0 Å². The molecule has 0 N–H and O–H groups in total. The molecule has 12 heavy (non-hydrogen) atoms. The maximum absolute atomic E-state index is 4.16. The highest BCUT2D eigenvalue weighted by Crippen LogP contribution is 2.12. The maximum Gasteiger partial charge on any atom is 0.107 e. The zero-order valence-corrected chi connectivity index (χ0v) is 6.68. The molecule has 60 valence electrons. The summed E-state index contributed by atoms with van der Waals surface area (Å²) in [6.45, 7) is 0. The zero-order valence-electron chi connectivity index (χ0n) is 6.68. The monoisotopic (exact) mass is 160 g/mol. The number of nitrogens with zero attached hydrogens (tertiary/aromatic N) is 4. The first kappa shape index (κ1) is 6.97. The highest BCUT2D eigenvalue weighted by Gasteiger charge is 2.01. The predicted molar refractivity (Wildman–Crippen MR) is 44.2 cm³/mol. The molecule has 0 aromatic carbocycles. The van der Waals surface area contributed by atoms with Crippen molar-refractivity contribution in [2.45, 2.75) is 0 Å². The van der Waals surface area contributed by atoms with Gasteiger partial charge in [0.05, 0.1) is 11.9 Å². The van der Waals surface area contributed by atoms with E-state index in [1.807, 2.05) is 13.1 Å². The second-order valence-electron chi connectivity index (χ2n) is 2.43. The van der Waals surface area contributed by atoms with E-state index in [9.17, 15) is 0 Å². The normalized spacial score (nSPS) is 10.1. The number of hydrogen-bond donors (Lipinski definition) is 0. The van der Waals surface area contributed by atoms with Crippen LogP contribution in [0.15, 0.2) is 30.9 Å². The summed E-state index contributed by atoms with van der Waals surface area (Å²) in [6, 6.07) is 1.91. The van der Waals surface area contributed by atoms with Crippen LogP contribution in [-0.4, -0.2) is 19.7 Å². The lowest BCUT2D eigenvalue weighted by molar-refractivity contribution is 0.772. The second-order valence-corrected chi connectivity index (χ2v) is 2.43. The average molecular weight is 160 g/mol. The molecule has 2 heterocycles.